The minimum atomic E-state index is 0.102. The molecule has 0 unspecified atom stereocenters. The molecule has 30 heavy (non-hydrogen) atoms. The molecule has 0 aliphatic carbocycles. The van der Waals surface area contributed by atoms with E-state index in [1.54, 1.807) is 4.68 Å². The van der Waals surface area contributed by atoms with Gasteiger partial charge in [0.2, 0.25) is 5.91 Å². The van der Waals surface area contributed by atoms with Gasteiger partial charge in [0, 0.05) is 45.1 Å². The standard InChI is InChI=1S/C21H32N8O/c30-21(18-29-20(23-24-25-29)17-26-10-3-1-2-4-11-26)28-13-5-12-27(14-15-28)16-19-6-8-22-9-7-19/h6-9H,1-5,10-18H2. The molecule has 0 aromatic carbocycles. The van der Waals surface area contributed by atoms with Gasteiger partial charge in [0.25, 0.3) is 0 Å². The maximum Gasteiger partial charge on any atom is 0.244 e. The Balaban J connectivity index is 1.29. The molecule has 0 atom stereocenters. The van der Waals surface area contributed by atoms with Crippen molar-refractivity contribution >= 4 is 5.91 Å². The molecule has 0 N–H and O–H groups in total. The number of nitrogens with zero attached hydrogens (tertiary/aromatic N) is 8. The Morgan fingerprint density at radius 3 is 2.37 bits per heavy atom. The van der Waals surface area contributed by atoms with Gasteiger partial charge >= 0.3 is 0 Å². The molecule has 9 heteroatoms. The third-order valence-electron chi connectivity index (χ3n) is 6.05. The van der Waals surface area contributed by atoms with Crippen molar-refractivity contribution in [3.05, 3.63) is 35.9 Å². The molecule has 0 radical (unpaired) electrons. The smallest absolute Gasteiger partial charge is 0.244 e. The van der Waals surface area contributed by atoms with Crippen LogP contribution in [0.5, 0.6) is 0 Å². The number of amides is 1. The lowest BCUT2D eigenvalue weighted by atomic mass is 10.2. The molecule has 2 fully saturated rings. The van der Waals surface area contributed by atoms with Crippen LogP contribution in [0.1, 0.15) is 43.5 Å². The van der Waals surface area contributed by atoms with E-state index in [0.717, 1.165) is 64.6 Å². The SMILES string of the molecule is O=C(Cn1nnnc1CN1CCCCCC1)N1CCCN(Cc2ccncc2)CC1. The number of pyridine rings is 1. The quantitative estimate of drug-likeness (QED) is 0.704. The van der Waals surface area contributed by atoms with Crippen LogP contribution >= 0.6 is 0 Å². The molecular formula is C21H32N8O. The molecule has 2 aromatic rings. The van der Waals surface area contributed by atoms with Crippen molar-refractivity contribution in [1.29, 1.82) is 0 Å². The molecular weight excluding hydrogens is 380 g/mol. The first-order chi connectivity index (χ1) is 14.8. The van der Waals surface area contributed by atoms with E-state index in [9.17, 15) is 4.79 Å². The molecule has 2 saturated heterocycles. The Kier molecular flexibility index (Phi) is 7.36. The molecule has 0 spiro atoms. The number of rotatable bonds is 6. The molecule has 162 valence electrons. The Morgan fingerprint density at radius 1 is 0.833 bits per heavy atom. The van der Waals surface area contributed by atoms with Gasteiger partial charge in [-0.15, -0.1) is 5.10 Å². The molecule has 2 aliphatic heterocycles. The highest BCUT2D eigenvalue weighted by atomic mass is 16.2. The van der Waals surface area contributed by atoms with Crippen LogP contribution in [0, 0.1) is 0 Å². The largest absolute Gasteiger partial charge is 0.340 e. The normalized spacial score (nSPS) is 19.4. The summed E-state index contributed by atoms with van der Waals surface area (Å²) in [5.41, 5.74) is 1.26. The minimum absolute atomic E-state index is 0.102. The van der Waals surface area contributed by atoms with E-state index in [1.807, 2.05) is 17.3 Å². The number of hydrogen-bond donors (Lipinski definition) is 0. The van der Waals surface area contributed by atoms with Gasteiger partial charge in [0.05, 0.1) is 6.54 Å². The van der Waals surface area contributed by atoms with E-state index in [0.29, 0.717) is 0 Å². The second kappa shape index (κ2) is 10.6. The zero-order valence-corrected chi connectivity index (χ0v) is 17.7. The molecule has 4 rings (SSSR count). The van der Waals surface area contributed by atoms with Gasteiger partial charge in [-0.25, -0.2) is 4.68 Å². The molecule has 1 amide bonds. The summed E-state index contributed by atoms with van der Waals surface area (Å²) in [6, 6.07) is 4.11. The molecule has 4 heterocycles. The van der Waals surface area contributed by atoms with Crippen LogP contribution < -0.4 is 0 Å². The Labute approximate surface area is 178 Å². The third-order valence-corrected chi connectivity index (χ3v) is 6.05. The topological polar surface area (TPSA) is 83.3 Å². The summed E-state index contributed by atoms with van der Waals surface area (Å²) in [4.78, 5) is 23.8. The first-order valence-corrected chi connectivity index (χ1v) is 11.1. The fourth-order valence-corrected chi connectivity index (χ4v) is 4.31. The van der Waals surface area contributed by atoms with Gasteiger partial charge in [0.15, 0.2) is 5.82 Å². The average molecular weight is 413 g/mol. The first-order valence-electron chi connectivity index (χ1n) is 11.1. The number of hydrogen-bond acceptors (Lipinski definition) is 7. The Hall–Kier alpha value is -2.39. The number of carbonyl (C=O) groups is 1. The maximum atomic E-state index is 13.0. The molecule has 0 bridgehead atoms. The van der Waals surface area contributed by atoms with Crippen LogP contribution in [0.2, 0.25) is 0 Å². The predicted octanol–water partition coefficient (Wildman–Crippen LogP) is 1.18. The second-order valence-corrected chi connectivity index (χ2v) is 8.31. The van der Waals surface area contributed by atoms with E-state index in [-0.39, 0.29) is 12.5 Å². The van der Waals surface area contributed by atoms with Crippen molar-refractivity contribution in [3.63, 3.8) is 0 Å². The van der Waals surface area contributed by atoms with E-state index < -0.39 is 0 Å². The van der Waals surface area contributed by atoms with Gasteiger partial charge < -0.3 is 4.90 Å². The fraction of sp³-hybridized carbons (Fsp3) is 0.667. The highest BCUT2D eigenvalue weighted by Gasteiger charge is 2.22. The predicted molar refractivity (Wildman–Crippen MR) is 112 cm³/mol. The molecule has 0 saturated carbocycles. The van der Waals surface area contributed by atoms with E-state index in [2.05, 4.69) is 42.4 Å². The maximum absolute atomic E-state index is 13.0. The van der Waals surface area contributed by atoms with Crippen LogP contribution in [-0.2, 0) is 24.4 Å². The van der Waals surface area contributed by atoms with Gasteiger partial charge in [-0.1, -0.05) is 12.8 Å². The van der Waals surface area contributed by atoms with E-state index in [1.165, 1.54) is 31.2 Å². The average Bonchev–Trinajstić information content (AvgIpc) is 2.95. The van der Waals surface area contributed by atoms with Crippen molar-refractivity contribution < 1.29 is 4.79 Å². The third kappa shape index (κ3) is 5.82. The summed E-state index contributed by atoms with van der Waals surface area (Å²) >= 11 is 0. The zero-order valence-electron chi connectivity index (χ0n) is 17.7. The summed E-state index contributed by atoms with van der Waals surface area (Å²) in [6.45, 7) is 7.42. The van der Waals surface area contributed by atoms with Crippen LogP contribution in [0.4, 0.5) is 0 Å². The van der Waals surface area contributed by atoms with Crippen LogP contribution in [0.25, 0.3) is 0 Å². The monoisotopic (exact) mass is 412 g/mol. The number of tetrazole rings is 1. The minimum Gasteiger partial charge on any atom is -0.340 e. The lowest BCUT2D eigenvalue weighted by Crippen LogP contribution is -2.38. The number of likely N-dealkylation sites (tertiary alicyclic amines) is 1. The number of carbonyl (C=O) groups excluding carboxylic acids is 1. The molecule has 9 nitrogen and oxygen atoms in total. The van der Waals surface area contributed by atoms with Gasteiger partial charge in [-0.2, -0.15) is 0 Å². The van der Waals surface area contributed by atoms with Crippen LogP contribution in [0.3, 0.4) is 0 Å². The summed E-state index contributed by atoms with van der Waals surface area (Å²) in [7, 11) is 0. The Morgan fingerprint density at radius 2 is 1.57 bits per heavy atom. The zero-order chi connectivity index (χ0) is 20.6. The van der Waals surface area contributed by atoms with Crippen LogP contribution in [-0.4, -0.2) is 85.1 Å². The van der Waals surface area contributed by atoms with Crippen LogP contribution in [0.15, 0.2) is 24.5 Å². The summed E-state index contributed by atoms with van der Waals surface area (Å²) in [5, 5.41) is 12.1. The van der Waals surface area contributed by atoms with Crippen molar-refractivity contribution in [2.45, 2.75) is 51.7 Å². The number of aromatic nitrogens is 5. The Bertz CT molecular complexity index is 787. The van der Waals surface area contributed by atoms with Crippen molar-refractivity contribution in [2.24, 2.45) is 0 Å². The van der Waals surface area contributed by atoms with E-state index >= 15 is 0 Å². The summed E-state index contributed by atoms with van der Waals surface area (Å²) in [6.07, 6.45) is 9.69. The molecule has 2 aliphatic rings. The van der Waals surface area contributed by atoms with E-state index in [4.69, 9.17) is 0 Å². The lowest BCUT2D eigenvalue weighted by Gasteiger charge is -2.22. The van der Waals surface area contributed by atoms with Crippen molar-refractivity contribution in [2.75, 3.05) is 39.3 Å². The lowest BCUT2D eigenvalue weighted by molar-refractivity contribution is -0.132. The first kappa shape index (κ1) is 20.9. The van der Waals surface area contributed by atoms with Gasteiger partial charge in [-0.3, -0.25) is 19.6 Å². The van der Waals surface area contributed by atoms with Gasteiger partial charge in [-0.05, 0) is 60.5 Å². The van der Waals surface area contributed by atoms with Gasteiger partial charge in [0.1, 0.15) is 6.54 Å². The fourth-order valence-electron chi connectivity index (χ4n) is 4.31. The van der Waals surface area contributed by atoms with Crippen molar-refractivity contribution in [1.82, 2.24) is 39.9 Å². The summed E-state index contributed by atoms with van der Waals surface area (Å²) < 4.78 is 1.69. The second-order valence-electron chi connectivity index (χ2n) is 8.31. The summed E-state index contributed by atoms with van der Waals surface area (Å²) in [5.74, 6) is 0.893. The van der Waals surface area contributed by atoms with Crippen molar-refractivity contribution in [3.8, 4) is 0 Å². The highest BCUT2D eigenvalue weighted by Crippen LogP contribution is 2.13. The highest BCUT2D eigenvalue weighted by molar-refractivity contribution is 5.76. The molecule has 2 aromatic heterocycles.